The second-order valence-electron chi connectivity index (χ2n) is 7.02. The van der Waals surface area contributed by atoms with E-state index in [2.05, 4.69) is 20.6 Å². The van der Waals surface area contributed by atoms with Gasteiger partial charge in [0, 0.05) is 25.0 Å². The lowest BCUT2D eigenvalue weighted by atomic mass is 9.87. The van der Waals surface area contributed by atoms with Crippen molar-refractivity contribution in [2.45, 2.75) is 24.6 Å². The lowest BCUT2D eigenvalue weighted by Crippen LogP contribution is -2.54. The van der Waals surface area contributed by atoms with Crippen LogP contribution in [0.1, 0.15) is 18.4 Å². The minimum Gasteiger partial charge on any atom is -0.480 e. The van der Waals surface area contributed by atoms with Crippen molar-refractivity contribution in [2.75, 3.05) is 30.8 Å². The van der Waals surface area contributed by atoms with Crippen LogP contribution < -0.4 is 10.6 Å². The highest BCUT2D eigenvalue weighted by molar-refractivity contribution is 6.42. The molecule has 0 atom stereocenters. The lowest BCUT2D eigenvalue weighted by molar-refractivity contribution is -0.144. The fraction of sp³-hybridized carbons (Fsp3) is 0.389. The Kier molecular flexibility index (Phi) is 6.30. The lowest BCUT2D eigenvalue weighted by Gasteiger charge is -2.38. The molecule has 1 fully saturated rings. The van der Waals surface area contributed by atoms with Crippen LogP contribution in [0, 0.1) is 0 Å². The summed E-state index contributed by atoms with van der Waals surface area (Å²) in [6, 6.07) is 4.53. The van der Waals surface area contributed by atoms with Gasteiger partial charge in [0.05, 0.1) is 10.0 Å². The predicted octanol–water partition coefficient (Wildman–Crippen LogP) is 4.51. The molecule has 3 N–H and O–H groups in total. The molecule has 7 nitrogen and oxygen atoms in total. The van der Waals surface area contributed by atoms with Gasteiger partial charge in [-0.15, -0.1) is 0 Å². The van der Waals surface area contributed by atoms with Crippen LogP contribution in [0.25, 0.3) is 0 Å². The summed E-state index contributed by atoms with van der Waals surface area (Å²) in [6.07, 6.45) is -3.92. The van der Waals surface area contributed by atoms with Gasteiger partial charge in [-0.3, -0.25) is 0 Å². The maximum Gasteiger partial charge on any atom is 0.421 e. The minimum atomic E-state index is -4.77. The molecule has 1 saturated heterocycles. The number of hydrogen-bond donors (Lipinski definition) is 3. The molecule has 1 aromatic heterocycles. The van der Waals surface area contributed by atoms with Gasteiger partial charge < -0.3 is 20.6 Å². The van der Waals surface area contributed by atoms with E-state index < -0.39 is 29.1 Å². The molecule has 1 aromatic carbocycles. The molecule has 30 heavy (non-hydrogen) atoms. The highest BCUT2D eigenvalue weighted by Gasteiger charge is 2.44. The van der Waals surface area contributed by atoms with Crippen molar-refractivity contribution >= 4 is 46.6 Å². The number of aliphatic carboxylic acids is 1. The van der Waals surface area contributed by atoms with E-state index in [0.29, 0.717) is 30.0 Å². The second-order valence-corrected chi connectivity index (χ2v) is 7.84. The van der Waals surface area contributed by atoms with Crippen molar-refractivity contribution in [3.63, 3.8) is 0 Å². The zero-order chi connectivity index (χ0) is 22.1. The van der Waals surface area contributed by atoms with Gasteiger partial charge in [0.1, 0.15) is 16.9 Å². The fourth-order valence-corrected chi connectivity index (χ4v) is 3.37. The monoisotopic (exact) mass is 463 g/mol. The number of halogens is 5. The number of carboxylic acid groups (broad SMARTS) is 1. The van der Waals surface area contributed by atoms with Crippen LogP contribution in [0.3, 0.4) is 0 Å². The number of nitrogens with zero attached hydrogens (tertiary/aromatic N) is 3. The number of carbonyl (C=O) groups is 1. The van der Waals surface area contributed by atoms with Crippen LogP contribution in [0.5, 0.6) is 0 Å². The topological polar surface area (TPSA) is 90.4 Å². The Morgan fingerprint density at radius 2 is 1.90 bits per heavy atom. The number of likely N-dealkylation sites (tertiary alicyclic amines) is 1. The number of nitrogens with one attached hydrogen (secondary N) is 2. The third-order valence-corrected chi connectivity index (χ3v) is 5.62. The van der Waals surface area contributed by atoms with E-state index in [4.69, 9.17) is 23.2 Å². The number of piperidine rings is 1. The van der Waals surface area contributed by atoms with Crippen molar-refractivity contribution < 1.29 is 23.1 Å². The summed E-state index contributed by atoms with van der Waals surface area (Å²) in [4.78, 5) is 21.5. The zero-order valence-corrected chi connectivity index (χ0v) is 17.2. The Morgan fingerprint density at radius 1 is 1.23 bits per heavy atom. The average molecular weight is 464 g/mol. The largest absolute Gasteiger partial charge is 0.480 e. The molecule has 0 saturated carbocycles. The number of carboxylic acids is 1. The van der Waals surface area contributed by atoms with Crippen LogP contribution in [0.2, 0.25) is 10.0 Å². The zero-order valence-electron chi connectivity index (χ0n) is 15.7. The Balaban J connectivity index is 1.97. The van der Waals surface area contributed by atoms with Crippen molar-refractivity contribution in [3.05, 3.63) is 40.0 Å². The quantitative estimate of drug-likeness (QED) is 0.600. The first-order chi connectivity index (χ1) is 14.0. The third kappa shape index (κ3) is 4.88. The molecule has 0 amide bonds. The summed E-state index contributed by atoms with van der Waals surface area (Å²) in [6.45, 7) is 0.834. The van der Waals surface area contributed by atoms with Gasteiger partial charge in [0.2, 0.25) is 5.95 Å². The van der Waals surface area contributed by atoms with Gasteiger partial charge in [-0.05, 0) is 38.1 Å². The van der Waals surface area contributed by atoms with Gasteiger partial charge in [-0.25, -0.2) is 9.78 Å². The fourth-order valence-electron chi connectivity index (χ4n) is 3.07. The van der Waals surface area contributed by atoms with E-state index in [-0.39, 0.29) is 23.8 Å². The third-order valence-electron chi connectivity index (χ3n) is 4.88. The van der Waals surface area contributed by atoms with Gasteiger partial charge in [-0.2, -0.15) is 18.2 Å². The summed E-state index contributed by atoms with van der Waals surface area (Å²) in [7, 11) is 1.82. The van der Waals surface area contributed by atoms with E-state index in [0.717, 1.165) is 0 Å². The summed E-state index contributed by atoms with van der Waals surface area (Å²) in [5.74, 6) is -1.99. The van der Waals surface area contributed by atoms with Crippen LogP contribution in [0.15, 0.2) is 24.4 Å². The second kappa shape index (κ2) is 8.44. The van der Waals surface area contributed by atoms with E-state index in [1.807, 2.05) is 11.9 Å². The van der Waals surface area contributed by atoms with Gasteiger partial charge in [0.25, 0.3) is 0 Å². The summed E-state index contributed by atoms with van der Waals surface area (Å²) >= 11 is 11.8. The number of benzene rings is 1. The maximum absolute atomic E-state index is 13.5. The first-order valence-corrected chi connectivity index (χ1v) is 9.62. The van der Waals surface area contributed by atoms with Crippen LogP contribution in [-0.4, -0.2) is 51.6 Å². The molecule has 3 rings (SSSR count). The van der Waals surface area contributed by atoms with Crippen molar-refractivity contribution in [1.82, 2.24) is 14.9 Å². The molecule has 0 radical (unpaired) electrons. The van der Waals surface area contributed by atoms with Crippen LogP contribution >= 0.6 is 23.2 Å². The molecule has 162 valence electrons. The first kappa shape index (κ1) is 22.4. The molecule has 2 aromatic rings. The predicted molar refractivity (Wildman–Crippen MR) is 107 cm³/mol. The molecule has 1 aliphatic heterocycles. The molecule has 0 spiro atoms. The number of alkyl halides is 3. The van der Waals surface area contributed by atoms with Gasteiger partial charge in [-0.1, -0.05) is 23.2 Å². The van der Waals surface area contributed by atoms with E-state index in [9.17, 15) is 23.1 Å². The van der Waals surface area contributed by atoms with Gasteiger partial charge >= 0.3 is 12.1 Å². The SMILES string of the molecule is CN1CCC(Nc2nc(Nc3ccc(Cl)c(Cl)c3)ncc2C(F)(F)F)(C(=O)O)CC1. The minimum absolute atomic E-state index is 0.121. The molecule has 0 unspecified atom stereocenters. The summed E-state index contributed by atoms with van der Waals surface area (Å²) in [5.41, 5.74) is -2.31. The summed E-state index contributed by atoms with van der Waals surface area (Å²) < 4.78 is 40.6. The maximum atomic E-state index is 13.5. The van der Waals surface area contributed by atoms with Crippen LogP contribution in [0.4, 0.5) is 30.6 Å². The molecule has 2 heterocycles. The van der Waals surface area contributed by atoms with E-state index in [1.165, 1.54) is 12.1 Å². The smallest absolute Gasteiger partial charge is 0.421 e. The molecule has 0 bridgehead atoms. The number of hydrogen-bond acceptors (Lipinski definition) is 6. The molecule has 12 heteroatoms. The number of anilines is 3. The van der Waals surface area contributed by atoms with E-state index in [1.54, 1.807) is 6.07 Å². The Hall–Kier alpha value is -2.30. The van der Waals surface area contributed by atoms with Crippen LogP contribution in [-0.2, 0) is 11.0 Å². The van der Waals surface area contributed by atoms with Crippen molar-refractivity contribution in [1.29, 1.82) is 0 Å². The van der Waals surface area contributed by atoms with E-state index >= 15 is 0 Å². The Labute approximate surface area is 180 Å². The molecular weight excluding hydrogens is 446 g/mol. The number of rotatable bonds is 5. The Bertz CT molecular complexity index is 950. The average Bonchev–Trinajstić information content (AvgIpc) is 2.66. The highest BCUT2D eigenvalue weighted by Crippen LogP contribution is 2.37. The van der Waals surface area contributed by atoms with Crippen molar-refractivity contribution in [3.8, 4) is 0 Å². The number of aromatic nitrogens is 2. The standard InChI is InChI=1S/C18H18Cl2F3N5O2/c1-28-6-4-17(5-7-28,15(29)30)27-14-11(18(21,22)23)9-24-16(26-14)25-10-2-3-12(19)13(20)8-10/h2-3,8-9H,4-7H2,1H3,(H,29,30)(H2,24,25,26,27). The Morgan fingerprint density at radius 3 is 2.47 bits per heavy atom. The molecule has 1 aliphatic rings. The molecular formula is C18H18Cl2F3N5O2. The normalized spacial score (nSPS) is 16.9. The first-order valence-electron chi connectivity index (χ1n) is 8.87. The van der Waals surface area contributed by atoms with Gasteiger partial charge in [0.15, 0.2) is 0 Å². The molecule has 0 aliphatic carbocycles. The summed E-state index contributed by atoms with van der Waals surface area (Å²) in [5, 5.41) is 15.6. The van der Waals surface area contributed by atoms with Crippen molar-refractivity contribution in [2.24, 2.45) is 0 Å². The highest BCUT2D eigenvalue weighted by atomic mass is 35.5.